The standard InChI is InChI=1S/C17H22Br2O/c18-12-14(13-3-5-15(19)6-4-13)11-16-7-10-17(20-16)8-1-2-9-17/h3-6,14,16H,1-2,7-12H2. The number of hydrogen-bond donors (Lipinski definition) is 0. The fraction of sp³-hybridized carbons (Fsp3) is 0.647. The molecule has 20 heavy (non-hydrogen) atoms. The Kier molecular flexibility index (Phi) is 4.89. The normalized spacial score (nSPS) is 26.2. The fourth-order valence-electron chi connectivity index (χ4n) is 3.79. The lowest BCUT2D eigenvalue weighted by Crippen LogP contribution is -2.25. The average Bonchev–Trinajstić information content (AvgIpc) is 3.08. The van der Waals surface area contributed by atoms with Crippen LogP contribution < -0.4 is 0 Å². The van der Waals surface area contributed by atoms with Crippen LogP contribution in [-0.4, -0.2) is 17.0 Å². The van der Waals surface area contributed by atoms with Crippen LogP contribution in [-0.2, 0) is 4.74 Å². The zero-order valence-electron chi connectivity index (χ0n) is 11.8. The topological polar surface area (TPSA) is 9.23 Å². The third kappa shape index (κ3) is 3.31. The van der Waals surface area contributed by atoms with Crippen molar-refractivity contribution in [2.75, 3.05) is 5.33 Å². The Bertz CT molecular complexity index is 437. The fourth-order valence-corrected chi connectivity index (χ4v) is 4.69. The smallest absolute Gasteiger partial charge is 0.0687 e. The summed E-state index contributed by atoms with van der Waals surface area (Å²) in [6.07, 6.45) is 9.45. The lowest BCUT2D eigenvalue weighted by molar-refractivity contribution is -0.0404. The summed E-state index contributed by atoms with van der Waals surface area (Å²) in [4.78, 5) is 0. The summed E-state index contributed by atoms with van der Waals surface area (Å²) >= 11 is 7.19. The molecule has 1 saturated heterocycles. The van der Waals surface area contributed by atoms with Crippen LogP contribution in [0, 0.1) is 0 Å². The Morgan fingerprint density at radius 1 is 1.15 bits per heavy atom. The van der Waals surface area contributed by atoms with E-state index >= 15 is 0 Å². The summed E-state index contributed by atoms with van der Waals surface area (Å²) in [5, 5.41) is 1.02. The second-order valence-corrected chi connectivity index (χ2v) is 7.87. The first-order chi connectivity index (χ1) is 9.71. The molecule has 3 heteroatoms. The van der Waals surface area contributed by atoms with Gasteiger partial charge in [0.25, 0.3) is 0 Å². The zero-order chi connectivity index (χ0) is 14.0. The molecule has 1 heterocycles. The molecular formula is C17H22Br2O. The molecule has 0 bridgehead atoms. The molecule has 110 valence electrons. The maximum absolute atomic E-state index is 6.46. The van der Waals surface area contributed by atoms with Gasteiger partial charge in [-0.1, -0.05) is 56.8 Å². The molecule has 1 aliphatic carbocycles. The van der Waals surface area contributed by atoms with Crippen molar-refractivity contribution in [2.45, 2.75) is 62.6 Å². The van der Waals surface area contributed by atoms with E-state index in [2.05, 4.69) is 56.1 Å². The summed E-state index contributed by atoms with van der Waals surface area (Å²) in [6, 6.07) is 8.74. The van der Waals surface area contributed by atoms with Gasteiger partial charge in [-0.3, -0.25) is 0 Å². The summed E-state index contributed by atoms with van der Waals surface area (Å²) in [5.41, 5.74) is 1.68. The van der Waals surface area contributed by atoms with Crippen molar-refractivity contribution in [3.8, 4) is 0 Å². The minimum absolute atomic E-state index is 0.265. The van der Waals surface area contributed by atoms with E-state index in [1.54, 1.807) is 0 Å². The highest BCUT2D eigenvalue weighted by atomic mass is 79.9. The molecule has 0 radical (unpaired) electrons. The van der Waals surface area contributed by atoms with Crippen molar-refractivity contribution in [3.05, 3.63) is 34.3 Å². The van der Waals surface area contributed by atoms with E-state index in [1.165, 1.54) is 44.1 Å². The van der Waals surface area contributed by atoms with Crippen LogP contribution in [0.2, 0.25) is 0 Å². The highest BCUT2D eigenvalue weighted by molar-refractivity contribution is 9.10. The molecule has 2 unspecified atom stereocenters. The molecule has 1 aromatic rings. The Morgan fingerprint density at radius 2 is 1.85 bits per heavy atom. The zero-order valence-corrected chi connectivity index (χ0v) is 15.0. The second kappa shape index (κ2) is 6.50. The van der Waals surface area contributed by atoms with Gasteiger partial charge in [-0.2, -0.15) is 0 Å². The molecule has 1 nitrogen and oxygen atoms in total. The van der Waals surface area contributed by atoms with Gasteiger partial charge in [-0.15, -0.1) is 0 Å². The van der Waals surface area contributed by atoms with E-state index < -0.39 is 0 Å². The van der Waals surface area contributed by atoms with E-state index in [1.807, 2.05) is 0 Å². The lowest BCUT2D eigenvalue weighted by Gasteiger charge is -2.25. The minimum Gasteiger partial charge on any atom is -0.372 e. The third-order valence-electron chi connectivity index (χ3n) is 4.93. The molecule has 0 N–H and O–H groups in total. The van der Waals surface area contributed by atoms with Crippen molar-refractivity contribution in [3.63, 3.8) is 0 Å². The first-order valence-electron chi connectivity index (χ1n) is 7.70. The van der Waals surface area contributed by atoms with Crippen LogP contribution >= 0.6 is 31.9 Å². The molecule has 1 aliphatic heterocycles. The number of hydrogen-bond acceptors (Lipinski definition) is 1. The number of halogens is 2. The van der Waals surface area contributed by atoms with Crippen LogP contribution in [0.25, 0.3) is 0 Å². The molecule has 3 rings (SSSR count). The Labute approximate surface area is 138 Å². The number of rotatable bonds is 4. The average molecular weight is 402 g/mol. The predicted molar refractivity (Wildman–Crippen MR) is 90.6 cm³/mol. The van der Waals surface area contributed by atoms with Crippen molar-refractivity contribution in [2.24, 2.45) is 0 Å². The van der Waals surface area contributed by atoms with Crippen molar-refractivity contribution in [1.82, 2.24) is 0 Å². The number of ether oxygens (including phenoxy) is 1. The quantitative estimate of drug-likeness (QED) is 0.578. The predicted octanol–water partition coefficient (Wildman–Crippen LogP) is 5.81. The molecule has 2 fully saturated rings. The molecule has 2 aliphatic rings. The minimum atomic E-state index is 0.265. The maximum atomic E-state index is 6.46. The highest BCUT2D eigenvalue weighted by Crippen LogP contribution is 2.45. The molecule has 1 saturated carbocycles. The molecule has 0 amide bonds. The van der Waals surface area contributed by atoms with Gasteiger partial charge in [0.15, 0.2) is 0 Å². The van der Waals surface area contributed by atoms with Crippen LogP contribution in [0.1, 0.15) is 56.4 Å². The Balaban J connectivity index is 1.62. The number of benzene rings is 1. The van der Waals surface area contributed by atoms with Crippen LogP contribution in [0.5, 0.6) is 0 Å². The van der Waals surface area contributed by atoms with Gasteiger partial charge in [0.2, 0.25) is 0 Å². The summed E-state index contributed by atoms with van der Waals surface area (Å²) in [7, 11) is 0. The Morgan fingerprint density at radius 3 is 2.50 bits per heavy atom. The first-order valence-corrected chi connectivity index (χ1v) is 9.61. The van der Waals surface area contributed by atoms with Crippen molar-refractivity contribution >= 4 is 31.9 Å². The van der Waals surface area contributed by atoms with Crippen LogP contribution in [0.3, 0.4) is 0 Å². The van der Waals surface area contributed by atoms with Gasteiger partial charge in [0.1, 0.15) is 0 Å². The summed E-state index contributed by atoms with van der Waals surface area (Å²) < 4.78 is 7.61. The lowest BCUT2D eigenvalue weighted by atomic mass is 9.93. The summed E-state index contributed by atoms with van der Waals surface area (Å²) in [6.45, 7) is 0. The van der Waals surface area contributed by atoms with Gasteiger partial charge in [0, 0.05) is 9.80 Å². The van der Waals surface area contributed by atoms with Gasteiger partial charge < -0.3 is 4.74 Å². The molecule has 0 aromatic heterocycles. The summed E-state index contributed by atoms with van der Waals surface area (Å²) in [5.74, 6) is 0.560. The molecule has 2 atom stereocenters. The maximum Gasteiger partial charge on any atom is 0.0687 e. The first kappa shape index (κ1) is 15.1. The molecular weight excluding hydrogens is 380 g/mol. The SMILES string of the molecule is BrCC(CC1CCC2(CCCC2)O1)c1ccc(Br)cc1. The van der Waals surface area contributed by atoms with E-state index in [9.17, 15) is 0 Å². The van der Waals surface area contributed by atoms with Crippen molar-refractivity contribution in [1.29, 1.82) is 0 Å². The van der Waals surface area contributed by atoms with Crippen LogP contribution in [0.15, 0.2) is 28.7 Å². The molecule has 1 spiro atoms. The molecule has 1 aromatic carbocycles. The van der Waals surface area contributed by atoms with Crippen molar-refractivity contribution < 1.29 is 4.74 Å². The van der Waals surface area contributed by atoms with Gasteiger partial charge in [-0.05, 0) is 55.7 Å². The van der Waals surface area contributed by atoms with E-state index in [-0.39, 0.29) is 5.60 Å². The van der Waals surface area contributed by atoms with E-state index in [0.29, 0.717) is 12.0 Å². The highest BCUT2D eigenvalue weighted by Gasteiger charge is 2.42. The third-order valence-corrected chi connectivity index (χ3v) is 6.24. The van der Waals surface area contributed by atoms with E-state index in [4.69, 9.17) is 4.74 Å². The van der Waals surface area contributed by atoms with Crippen LogP contribution in [0.4, 0.5) is 0 Å². The largest absolute Gasteiger partial charge is 0.372 e. The van der Waals surface area contributed by atoms with E-state index in [0.717, 1.165) is 16.2 Å². The van der Waals surface area contributed by atoms with Gasteiger partial charge >= 0.3 is 0 Å². The monoisotopic (exact) mass is 400 g/mol. The second-order valence-electron chi connectivity index (χ2n) is 6.31. The Hall–Kier alpha value is 0.140. The number of alkyl halides is 1. The van der Waals surface area contributed by atoms with Gasteiger partial charge in [-0.25, -0.2) is 0 Å². The van der Waals surface area contributed by atoms with Gasteiger partial charge in [0.05, 0.1) is 11.7 Å².